The summed E-state index contributed by atoms with van der Waals surface area (Å²) in [6.07, 6.45) is 6.05. The summed E-state index contributed by atoms with van der Waals surface area (Å²) in [6, 6.07) is 1.33. The first-order valence-corrected chi connectivity index (χ1v) is 8.93. The van der Waals surface area contributed by atoms with Crippen molar-refractivity contribution in [1.29, 1.82) is 0 Å². The molecule has 18 heavy (non-hydrogen) atoms. The van der Waals surface area contributed by atoms with Gasteiger partial charge in [-0.2, -0.15) is 4.31 Å². The van der Waals surface area contributed by atoms with E-state index in [0.29, 0.717) is 30.8 Å². The lowest BCUT2D eigenvalue weighted by Gasteiger charge is -2.36. The van der Waals surface area contributed by atoms with Gasteiger partial charge in [0, 0.05) is 24.7 Å². The number of piperidine rings is 1. The first kappa shape index (κ1) is 14.3. The van der Waals surface area contributed by atoms with Crippen LogP contribution in [0.4, 0.5) is 0 Å². The van der Waals surface area contributed by atoms with Crippen LogP contribution in [0.15, 0.2) is 0 Å². The van der Waals surface area contributed by atoms with Crippen LogP contribution in [-0.2, 0) is 10.0 Å². The highest BCUT2D eigenvalue weighted by molar-refractivity contribution is 7.89. The number of nitrogens with one attached hydrogen (secondary N) is 1. The summed E-state index contributed by atoms with van der Waals surface area (Å²) in [6.45, 7) is 4.68. The van der Waals surface area contributed by atoms with Crippen molar-refractivity contribution in [1.82, 2.24) is 9.62 Å². The zero-order chi connectivity index (χ0) is 13.2. The molecule has 2 unspecified atom stereocenters. The predicted octanol–water partition coefficient (Wildman–Crippen LogP) is 1.72. The predicted molar refractivity (Wildman–Crippen MR) is 74.0 cm³/mol. The molecule has 106 valence electrons. The van der Waals surface area contributed by atoms with Crippen LogP contribution in [0, 0.1) is 0 Å². The van der Waals surface area contributed by atoms with E-state index in [-0.39, 0.29) is 6.04 Å². The monoisotopic (exact) mass is 274 g/mol. The number of nitrogens with zero attached hydrogens (tertiary/aromatic N) is 1. The highest BCUT2D eigenvalue weighted by Gasteiger charge is 2.39. The van der Waals surface area contributed by atoms with Crippen molar-refractivity contribution in [2.75, 3.05) is 12.3 Å². The molecule has 0 spiro atoms. The maximum atomic E-state index is 12.4. The Balaban J connectivity index is 2.10. The van der Waals surface area contributed by atoms with Crippen molar-refractivity contribution < 1.29 is 8.42 Å². The molecule has 1 N–H and O–H groups in total. The van der Waals surface area contributed by atoms with E-state index in [2.05, 4.69) is 12.2 Å². The molecular formula is C13H26N2O2S. The van der Waals surface area contributed by atoms with Gasteiger partial charge in [-0.3, -0.25) is 0 Å². The number of sulfonamides is 1. The molecule has 5 heteroatoms. The van der Waals surface area contributed by atoms with E-state index in [1.807, 2.05) is 11.2 Å². The summed E-state index contributed by atoms with van der Waals surface area (Å²) in [5.41, 5.74) is 0. The molecule has 2 atom stereocenters. The van der Waals surface area contributed by atoms with Gasteiger partial charge < -0.3 is 5.32 Å². The van der Waals surface area contributed by atoms with E-state index >= 15 is 0 Å². The van der Waals surface area contributed by atoms with Crippen LogP contribution < -0.4 is 5.32 Å². The normalized spacial score (nSPS) is 32.1. The summed E-state index contributed by atoms with van der Waals surface area (Å²) in [4.78, 5) is 0. The third kappa shape index (κ3) is 3.06. The Kier molecular flexibility index (Phi) is 4.67. The van der Waals surface area contributed by atoms with Crippen molar-refractivity contribution in [3.63, 3.8) is 0 Å². The van der Waals surface area contributed by atoms with E-state index in [1.54, 1.807) is 0 Å². The van der Waals surface area contributed by atoms with Gasteiger partial charge in [0.1, 0.15) is 0 Å². The number of fused-ring (bicyclic) bond motifs is 2. The lowest BCUT2D eigenvalue weighted by Crippen LogP contribution is -2.50. The Morgan fingerprint density at radius 1 is 1.11 bits per heavy atom. The van der Waals surface area contributed by atoms with Gasteiger partial charge in [0.15, 0.2) is 0 Å². The molecule has 2 saturated heterocycles. The Morgan fingerprint density at radius 3 is 2.22 bits per heavy atom. The fourth-order valence-corrected chi connectivity index (χ4v) is 5.24. The summed E-state index contributed by atoms with van der Waals surface area (Å²) in [5, 5.41) is 3.58. The van der Waals surface area contributed by atoms with Crippen LogP contribution in [0.5, 0.6) is 0 Å². The van der Waals surface area contributed by atoms with Crippen molar-refractivity contribution in [3.05, 3.63) is 0 Å². The third-order valence-electron chi connectivity index (χ3n) is 4.12. The standard InChI is InChI=1S/C13H26N2O2S/c1-3-7-15(18(16,17)8-4-2)13-9-11-5-6-12(10-13)14-11/h11-14H,3-10H2,1-2H3. The molecule has 0 aromatic rings. The van der Waals surface area contributed by atoms with E-state index in [9.17, 15) is 8.42 Å². The zero-order valence-electron chi connectivity index (χ0n) is 11.6. The highest BCUT2D eigenvalue weighted by Crippen LogP contribution is 2.31. The van der Waals surface area contributed by atoms with Gasteiger partial charge in [0.05, 0.1) is 5.75 Å². The van der Waals surface area contributed by atoms with E-state index in [4.69, 9.17) is 0 Å². The van der Waals surface area contributed by atoms with Crippen molar-refractivity contribution in [2.24, 2.45) is 0 Å². The number of hydrogen-bond acceptors (Lipinski definition) is 3. The Labute approximate surface area is 111 Å². The smallest absolute Gasteiger partial charge is 0.214 e. The Hall–Kier alpha value is -0.130. The number of hydrogen-bond donors (Lipinski definition) is 1. The molecule has 2 bridgehead atoms. The van der Waals surface area contributed by atoms with Crippen LogP contribution in [0.3, 0.4) is 0 Å². The van der Waals surface area contributed by atoms with Crippen LogP contribution in [-0.4, -0.2) is 43.1 Å². The largest absolute Gasteiger partial charge is 0.311 e. The molecule has 0 radical (unpaired) electrons. The molecule has 0 amide bonds. The lowest BCUT2D eigenvalue weighted by molar-refractivity contribution is 0.226. The third-order valence-corrected chi connectivity index (χ3v) is 6.24. The first-order chi connectivity index (χ1) is 8.56. The molecular weight excluding hydrogens is 248 g/mol. The number of rotatable bonds is 6. The molecule has 2 rings (SSSR count). The van der Waals surface area contributed by atoms with Crippen molar-refractivity contribution in [2.45, 2.75) is 70.5 Å². The fraction of sp³-hybridized carbons (Fsp3) is 1.00. The van der Waals surface area contributed by atoms with Gasteiger partial charge in [-0.25, -0.2) is 8.42 Å². The minimum atomic E-state index is -3.05. The van der Waals surface area contributed by atoms with Crippen molar-refractivity contribution in [3.8, 4) is 0 Å². The van der Waals surface area contributed by atoms with Crippen LogP contribution in [0.2, 0.25) is 0 Å². The maximum absolute atomic E-state index is 12.4. The van der Waals surface area contributed by atoms with Gasteiger partial charge in [0.25, 0.3) is 0 Å². The Bertz CT molecular complexity index is 357. The molecule has 2 aliphatic rings. The SMILES string of the molecule is CCCN(C1CC2CCC(C1)N2)S(=O)(=O)CCC. The second kappa shape index (κ2) is 5.88. The van der Waals surface area contributed by atoms with Crippen LogP contribution in [0.25, 0.3) is 0 Å². The highest BCUT2D eigenvalue weighted by atomic mass is 32.2. The maximum Gasteiger partial charge on any atom is 0.214 e. The van der Waals surface area contributed by atoms with Gasteiger partial charge in [-0.15, -0.1) is 0 Å². The molecule has 0 saturated carbocycles. The topological polar surface area (TPSA) is 49.4 Å². The van der Waals surface area contributed by atoms with Gasteiger partial charge in [0.2, 0.25) is 10.0 Å². The molecule has 0 aromatic carbocycles. The minimum absolute atomic E-state index is 0.236. The Morgan fingerprint density at radius 2 is 1.72 bits per heavy atom. The summed E-state index contributed by atoms with van der Waals surface area (Å²) >= 11 is 0. The zero-order valence-corrected chi connectivity index (χ0v) is 12.4. The second-order valence-electron chi connectivity index (χ2n) is 5.69. The average molecular weight is 274 g/mol. The molecule has 2 heterocycles. The molecule has 0 aliphatic carbocycles. The summed E-state index contributed by atoms with van der Waals surface area (Å²) in [5.74, 6) is 0.298. The molecule has 4 nitrogen and oxygen atoms in total. The summed E-state index contributed by atoms with van der Waals surface area (Å²) in [7, 11) is -3.05. The molecule has 0 aromatic heterocycles. The molecule has 2 fully saturated rings. The van der Waals surface area contributed by atoms with Gasteiger partial charge in [-0.1, -0.05) is 13.8 Å². The van der Waals surface area contributed by atoms with Gasteiger partial charge >= 0.3 is 0 Å². The lowest BCUT2D eigenvalue weighted by atomic mass is 10.00. The van der Waals surface area contributed by atoms with Crippen molar-refractivity contribution >= 4 is 10.0 Å². The minimum Gasteiger partial charge on any atom is -0.311 e. The van der Waals surface area contributed by atoms with E-state index in [1.165, 1.54) is 12.8 Å². The van der Waals surface area contributed by atoms with Crippen LogP contribution in [0.1, 0.15) is 52.4 Å². The van der Waals surface area contributed by atoms with E-state index < -0.39 is 10.0 Å². The average Bonchev–Trinajstić information content (AvgIpc) is 2.65. The van der Waals surface area contributed by atoms with E-state index in [0.717, 1.165) is 19.3 Å². The second-order valence-corrected chi connectivity index (χ2v) is 7.73. The quantitative estimate of drug-likeness (QED) is 0.802. The first-order valence-electron chi connectivity index (χ1n) is 7.32. The fourth-order valence-electron chi connectivity index (χ4n) is 3.41. The molecule has 2 aliphatic heterocycles. The summed E-state index contributed by atoms with van der Waals surface area (Å²) < 4.78 is 26.5. The van der Waals surface area contributed by atoms with Gasteiger partial charge in [-0.05, 0) is 38.5 Å². The van der Waals surface area contributed by atoms with Crippen LogP contribution >= 0.6 is 0 Å².